The Kier molecular flexibility index (Phi) is 5.65. The fourth-order valence-electron chi connectivity index (χ4n) is 2.64. The summed E-state index contributed by atoms with van der Waals surface area (Å²) in [6, 6.07) is 8.36. The summed E-state index contributed by atoms with van der Waals surface area (Å²) in [6.07, 6.45) is 1.56. The largest absolute Gasteiger partial charge is 0.494 e. The van der Waals surface area contributed by atoms with Gasteiger partial charge in [-0.15, -0.1) is 0 Å². The molecule has 1 heterocycles. The van der Waals surface area contributed by atoms with Crippen LogP contribution >= 0.6 is 0 Å². The average Bonchev–Trinajstić information content (AvgIpc) is 2.46. The lowest BCUT2D eigenvalue weighted by molar-refractivity contribution is 0.339. The van der Waals surface area contributed by atoms with E-state index in [2.05, 4.69) is 24.4 Å². The SMILES string of the molecule is CCOc1cccc(C(C)NCC2CCS(=O)(=O)CC2)c1. The maximum absolute atomic E-state index is 11.4. The third-order valence-electron chi connectivity index (χ3n) is 4.06. The zero-order chi connectivity index (χ0) is 15.3. The quantitative estimate of drug-likeness (QED) is 0.877. The van der Waals surface area contributed by atoms with E-state index in [0.29, 0.717) is 24.0 Å². The molecule has 4 nitrogen and oxygen atoms in total. The fraction of sp³-hybridized carbons (Fsp3) is 0.625. The van der Waals surface area contributed by atoms with Crippen molar-refractivity contribution in [2.24, 2.45) is 5.92 Å². The van der Waals surface area contributed by atoms with E-state index in [4.69, 9.17) is 4.74 Å². The van der Waals surface area contributed by atoms with Crippen LogP contribution in [0.5, 0.6) is 5.75 Å². The van der Waals surface area contributed by atoms with Gasteiger partial charge in [-0.3, -0.25) is 0 Å². The predicted octanol–water partition coefficient (Wildman–Crippen LogP) is 2.56. The maximum atomic E-state index is 11.4. The Morgan fingerprint density at radius 1 is 1.33 bits per heavy atom. The highest BCUT2D eigenvalue weighted by atomic mass is 32.2. The van der Waals surface area contributed by atoms with Crippen LogP contribution in [0.15, 0.2) is 24.3 Å². The number of sulfone groups is 1. The van der Waals surface area contributed by atoms with Gasteiger partial charge in [-0.05, 0) is 56.8 Å². The van der Waals surface area contributed by atoms with E-state index >= 15 is 0 Å². The molecule has 0 aromatic heterocycles. The second-order valence-electron chi connectivity index (χ2n) is 5.73. The topological polar surface area (TPSA) is 55.4 Å². The number of benzene rings is 1. The molecule has 118 valence electrons. The first-order chi connectivity index (χ1) is 10.00. The minimum atomic E-state index is -2.76. The summed E-state index contributed by atoms with van der Waals surface area (Å²) in [4.78, 5) is 0. The molecule has 0 saturated carbocycles. The monoisotopic (exact) mass is 311 g/mol. The normalized spacial score (nSPS) is 20.1. The van der Waals surface area contributed by atoms with Gasteiger partial charge in [0.05, 0.1) is 18.1 Å². The van der Waals surface area contributed by atoms with Crippen LogP contribution in [0.3, 0.4) is 0 Å². The van der Waals surface area contributed by atoms with Gasteiger partial charge >= 0.3 is 0 Å². The second-order valence-corrected chi connectivity index (χ2v) is 8.03. The molecule has 1 N–H and O–H groups in total. The summed E-state index contributed by atoms with van der Waals surface area (Å²) in [7, 11) is -2.76. The van der Waals surface area contributed by atoms with E-state index in [9.17, 15) is 8.42 Å². The molecule has 1 aliphatic rings. The molecule has 0 bridgehead atoms. The molecule has 21 heavy (non-hydrogen) atoms. The highest BCUT2D eigenvalue weighted by Gasteiger charge is 2.23. The number of rotatable bonds is 6. The first-order valence-corrected chi connectivity index (χ1v) is 9.49. The Morgan fingerprint density at radius 2 is 2.05 bits per heavy atom. The van der Waals surface area contributed by atoms with Crippen molar-refractivity contribution in [3.63, 3.8) is 0 Å². The molecule has 1 unspecified atom stereocenters. The molecular weight excluding hydrogens is 286 g/mol. The number of hydrogen-bond acceptors (Lipinski definition) is 4. The van der Waals surface area contributed by atoms with Gasteiger partial charge in [-0.2, -0.15) is 0 Å². The Bertz CT molecular complexity index is 542. The molecule has 1 aromatic carbocycles. The van der Waals surface area contributed by atoms with Crippen molar-refractivity contribution in [1.29, 1.82) is 0 Å². The summed E-state index contributed by atoms with van der Waals surface area (Å²) in [6.45, 7) is 5.65. The summed E-state index contributed by atoms with van der Waals surface area (Å²) in [5.41, 5.74) is 1.20. The molecular formula is C16H25NO3S. The van der Waals surface area contributed by atoms with Crippen molar-refractivity contribution in [2.45, 2.75) is 32.7 Å². The second kappa shape index (κ2) is 7.27. The van der Waals surface area contributed by atoms with Gasteiger partial charge in [-0.1, -0.05) is 12.1 Å². The van der Waals surface area contributed by atoms with Crippen LogP contribution in [0.4, 0.5) is 0 Å². The van der Waals surface area contributed by atoms with Crippen molar-refractivity contribution < 1.29 is 13.2 Å². The van der Waals surface area contributed by atoms with E-state index in [0.717, 1.165) is 25.1 Å². The molecule has 0 spiro atoms. The van der Waals surface area contributed by atoms with Crippen molar-refractivity contribution >= 4 is 9.84 Å². The molecule has 0 amide bonds. The van der Waals surface area contributed by atoms with Crippen LogP contribution in [0, 0.1) is 5.92 Å². The van der Waals surface area contributed by atoms with Gasteiger partial charge in [0.15, 0.2) is 0 Å². The Labute approximate surface area is 127 Å². The minimum Gasteiger partial charge on any atom is -0.494 e. The standard InChI is InChI=1S/C16H25NO3S/c1-3-20-16-6-4-5-15(11-16)13(2)17-12-14-7-9-21(18,19)10-8-14/h4-6,11,13-14,17H,3,7-10,12H2,1-2H3. The molecule has 1 atom stereocenters. The van der Waals surface area contributed by atoms with Crippen LogP contribution in [0.2, 0.25) is 0 Å². The zero-order valence-electron chi connectivity index (χ0n) is 12.8. The molecule has 1 aliphatic heterocycles. The number of nitrogens with one attached hydrogen (secondary N) is 1. The Morgan fingerprint density at radius 3 is 2.71 bits per heavy atom. The van der Waals surface area contributed by atoms with E-state index in [-0.39, 0.29) is 6.04 Å². The highest BCUT2D eigenvalue weighted by molar-refractivity contribution is 7.91. The molecule has 0 radical (unpaired) electrons. The number of hydrogen-bond donors (Lipinski definition) is 1. The maximum Gasteiger partial charge on any atom is 0.150 e. The summed E-state index contributed by atoms with van der Waals surface area (Å²) in [5.74, 6) is 2.04. The molecule has 1 saturated heterocycles. The van der Waals surface area contributed by atoms with Gasteiger partial charge in [0.25, 0.3) is 0 Å². The lowest BCUT2D eigenvalue weighted by Gasteiger charge is -2.24. The van der Waals surface area contributed by atoms with Gasteiger partial charge in [0.2, 0.25) is 0 Å². The first kappa shape index (κ1) is 16.3. The third-order valence-corrected chi connectivity index (χ3v) is 5.77. The van der Waals surface area contributed by atoms with Gasteiger partial charge in [-0.25, -0.2) is 8.42 Å². The van der Waals surface area contributed by atoms with Crippen LogP contribution in [-0.2, 0) is 9.84 Å². The molecule has 5 heteroatoms. The fourth-order valence-corrected chi connectivity index (χ4v) is 4.23. The van der Waals surface area contributed by atoms with Crippen LogP contribution in [-0.4, -0.2) is 33.1 Å². The van der Waals surface area contributed by atoms with Crippen molar-refractivity contribution in [3.8, 4) is 5.75 Å². The van der Waals surface area contributed by atoms with Crippen molar-refractivity contribution in [2.75, 3.05) is 24.7 Å². The minimum absolute atomic E-state index is 0.240. The summed E-state index contributed by atoms with van der Waals surface area (Å²) >= 11 is 0. The van der Waals surface area contributed by atoms with Crippen molar-refractivity contribution in [1.82, 2.24) is 5.32 Å². The predicted molar refractivity (Wildman–Crippen MR) is 85.4 cm³/mol. The van der Waals surface area contributed by atoms with Crippen LogP contribution < -0.4 is 10.1 Å². The van der Waals surface area contributed by atoms with Crippen LogP contribution in [0.1, 0.15) is 38.3 Å². The highest BCUT2D eigenvalue weighted by Crippen LogP contribution is 2.22. The number of ether oxygens (including phenoxy) is 1. The summed E-state index contributed by atoms with van der Waals surface area (Å²) < 4.78 is 28.4. The Hall–Kier alpha value is -1.07. The summed E-state index contributed by atoms with van der Waals surface area (Å²) in [5, 5.41) is 3.51. The van der Waals surface area contributed by atoms with E-state index in [1.54, 1.807) is 0 Å². The lowest BCUT2D eigenvalue weighted by atomic mass is 10.0. The van der Waals surface area contributed by atoms with E-state index in [1.165, 1.54) is 5.56 Å². The first-order valence-electron chi connectivity index (χ1n) is 7.66. The Balaban J connectivity index is 1.84. The van der Waals surface area contributed by atoms with Crippen molar-refractivity contribution in [3.05, 3.63) is 29.8 Å². The third kappa shape index (κ3) is 5.00. The van der Waals surface area contributed by atoms with Gasteiger partial charge in [0, 0.05) is 6.04 Å². The average molecular weight is 311 g/mol. The lowest BCUT2D eigenvalue weighted by Crippen LogP contribution is -2.32. The van der Waals surface area contributed by atoms with Gasteiger partial charge in [0.1, 0.15) is 15.6 Å². The van der Waals surface area contributed by atoms with Crippen LogP contribution in [0.25, 0.3) is 0 Å². The molecule has 0 aliphatic carbocycles. The molecule has 2 rings (SSSR count). The zero-order valence-corrected chi connectivity index (χ0v) is 13.7. The molecule has 1 aromatic rings. The van der Waals surface area contributed by atoms with Gasteiger partial charge < -0.3 is 10.1 Å². The van der Waals surface area contributed by atoms with E-state index < -0.39 is 9.84 Å². The smallest absolute Gasteiger partial charge is 0.150 e. The molecule has 1 fully saturated rings. The van der Waals surface area contributed by atoms with E-state index in [1.807, 2.05) is 19.1 Å².